The Labute approximate surface area is 195 Å². The molecule has 33 heavy (non-hydrogen) atoms. The van der Waals surface area contributed by atoms with Crippen molar-refractivity contribution in [2.24, 2.45) is 7.05 Å². The molecule has 0 saturated heterocycles. The summed E-state index contributed by atoms with van der Waals surface area (Å²) in [5, 5.41) is 29.6. The van der Waals surface area contributed by atoms with E-state index in [1.807, 2.05) is 13.8 Å². The van der Waals surface area contributed by atoms with Gasteiger partial charge in [-0.3, -0.25) is 4.79 Å². The number of fused-ring (bicyclic) bond motifs is 3. The average molecular weight is 477 g/mol. The second-order valence-electron chi connectivity index (χ2n) is 8.15. The number of imidazole rings is 1. The summed E-state index contributed by atoms with van der Waals surface area (Å²) >= 11 is 6.35. The van der Waals surface area contributed by atoms with E-state index in [-0.39, 0.29) is 12.0 Å². The highest BCUT2D eigenvalue weighted by Crippen LogP contribution is 2.41. The number of tetrazole rings is 1. The van der Waals surface area contributed by atoms with E-state index < -0.39 is 5.79 Å². The monoisotopic (exact) mass is 476 g/mol. The third-order valence-electron chi connectivity index (χ3n) is 5.08. The summed E-state index contributed by atoms with van der Waals surface area (Å²) in [6.45, 7) is 6.60. The van der Waals surface area contributed by atoms with E-state index in [9.17, 15) is 4.79 Å². The topological polar surface area (TPSA) is 148 Å². The highest BCUT2D eigenvalue weighted by molar-refractivity contribution is 6.35. The number of hydrogen-bond donors (Lipinski definition) is 3. The molecule has 0 radical (unpaired) electrons. The van der Waals surface area contributed by atoms with Crippen LogP contribution < -0.4 is 0 Å². The number of aldehydes is 1. The molecule has 178 valence electrons. The third kappa shape index (κ3) is 5.55. The molecule has 1 saturated carbocycles. The minimum Gasteiger partial charge on any atom is -0.366 e. The molecule has 2 atom stereocenters. The predicted octanol–water partition coefficient (Wildman–Crippen LogP) is 3.14. The lowest BCUT2D eigenvalue weighted by Crippen LogP contribution is -2.15. The molecule has 0 spiro atoms. The molecule has 0 bridgehead atoms. The molecule has 1 aliphatic carbocycles. The minimum atomic E-state index is -1.50. The van der Waals surface area contributed by atoms with Crippen molar-refractivity contribution in [1.29, 1.82) is 0 Å². The normalized spacial score (nSPS) is 18.1. The number of aliphatic hydroxyl groups is 2. The van der Waals surface area contributed by atoms with Gasteiger partial charge in [0.1, 0.15) is 10.7 Å². The largest absolute Gasteiger partial charge is 0.366 e. The van der Waals surface area contributed by atoms with Crippen molar-refractivity contribution in [2.75, 3.05) is 0 Å². The van der Waals surface area contributed by atoms with E-state index in [0.29, 0.717) is 16.2 Å². The number of aromatic amines is 1. The first-order valence-electron chi connectivity index (χ1n) is 10.8. The average Bonchev–Trinajstić information content (AvgIpc) is 3.52. The lowest BCUT2D eigenvalue weighted by Gasteiger charge is -2.12. The zero-order chi connectivity index (χ0) is 24.3. The number of pyridine rings is 1. The quantitative estimate of drug-likeness (QED) is 0.232. The van der Waals surface area contributed by atoms with Crippen molar-refractivity contribution < 1.29 is 15.0 Å². The van der Waals surface area contributed by atoms with Gasteiger partial charge in [0.05, 0.1) is 24.6 Å². The number of H-pyrrole nitrogens is 1. The summed E-state index contributed by atoms with van der Waals surface area (Å²) in [6.07, 6.45) is 5.43. The van der Waals surface area contributed by atoms with Gasteiger partial charge in [0.2, 0.25) is 0 Å². The van der Waals surface area contributed by atoms with E-state index in [1.165, 1.54) is 18.6 Å². The second-order valence-corrected chi connectivity index (χ2v) is 8.51. The molecule has 0 aliphatic heterocycles. The maximum atomic E-state index is 11.1. The molecule has 0 aromatic carbocycles. The molecule has 12 heteroatoms. The van der Waals surface area contributed by atoms with Gasteiger partial charge in [0.15, 0.2) is 23.5 Å². The van der Waals surface area contributed by atoms with Crippen molar-refractivity contribution in [3.05, 3.63) is 29.1 Å². The number of nitrogens with zero attached hydrogens (tertiary/aromatic N) is 7. The van der Waals surface area contributed by atoms with Gasteiger partial charge in [0, 0.05) is 17.3 Å². The first kappa shape index (κ1) is 24.7. The summed E-state index contributed by atoms with van der Waals surface area (Å²) in [5.41, 5.74) is 2.64. The highest BCUT2D eigenvalue weighted by atomic mass is 35.5. The Kier molecular flexibility index (Phi) is 7.45. The third-order valence-corrected chi connectivity index (χ3v) is 5.37. The minimum absolute atomic E-state index is 0.246. The van der Waals surface area contributed by atoms with Gasteiger partial charge in [-0.1, -0.05) is 25.4 Å². The molecule has 4 heterocycles. The fourth-order valence-electron chi connectivity index (χ4n) is 3.86. The Balaban J connectivity index is 0.000000390. The molecule has 5 rings (SSSR count). The lowest BCUT2D eigenvalue weighted by atomic mass is 10.1. The Morgan fingerprint density at radius 2 is 1.97 bits per heavy atom. The van der Waals surface area contributed by atoms with Crippen LogP contribution in [0.25, 0.3) is 22.1 Å². The Hall–Kier alpha value is -2.89. The smallest absolute Gasteiger partial charge is 0.177 e. The van der Waals surface area contributed by atoms with Crippen molar-refractivity contribution in [2.45, 2.75) is 64.7 Å². The molecule has 2 unspecified atom stereocenters. The summed E-state index contributed by atoms with van der Waals surface area (Å²) < 4.78 is 2.07. The molecule has 1 aliphatic rings. The van der Waals surface area contributed by atoms with Crippen LogP contribution in [-0.4, -0.2) is 62.0 Å². The Morgan fingerprint density at radius 3 is 2.58 bits per heavy atom. The zero-order valence-corrected chi connectivity index (χ0v) is 20.1. The van der Waals surface area contributed by atoms with E-state index >= 15 is 0 Å². The second kappa shape index (κ2) is 9.94. The van der Waals surface area contributed by atoms with Crippen LogP contribution in [0.2, 0.25) is 5.15 Å². The van der Waals surface area contributed by atoms with Crippen molar-refractivity contribution >= 4 is 40.0 Å². The van der Waals surface area contributed by atoms with Crippen LogP contribution in [0.1, 0.15) is 75.2 Å². The SMILES string of the molecule is CC.CC(C)(O)O.Cn1nnc(C2CCC(n3cnc4c5[nH]c(C=O)cc5c(Cl)nc43)C2)n1. The van der Waals surface area contributed by atoms with Gasteiger partial charge in [-0.25, -0.2) is 9.97 Å². The van der Waals surface area contributed by atoms with E-state index in [0.717, 1.165) is 48.1 Å². The fourth-order valence-corrected chi connectivity index (χ4v) is 4.09. The molecular weight excluding hydrogens is 448 g/mol. The number of carbonyl (C=O) groups excluding carboxylic acids is 1. The maximum Gasteiger partial charge on any atom is 0.177 e. The molecule has 4 aromatic rings. The summed E-state index contributed by atoms with van der Waals surface area (Å²) in [4.78, 5) is 24.7. The van der Waals surface area contributed by atoms with Gasteiger partial charge in [-0.15, -0.1) is 10.2 Å². The van der Waals surface area contributed by atoms with Crippen LogP contribution in [0.3, 0.4) is 0 Å². The highest BCUT2D eigenvalue weighted by Gasteiger charge is 2.31. The van der Waals surface area contributed by atoms with Crippen LogP contribution in [-0.2, 0) is 7.05 Å². The van der Waals surface area contributed by atoms with Gasteiger partial charge >= 0.3 is 0 Å². The van der Waals surface area contributed by atoms with Crippen LogP contribution in [0.15, 0.2) is 12.4 Å². The summed E-state index contributed by atoms with van der Waals surface area (Å²) in [5.74, 6) is -0.440. The molecule has 11 nitrogen and oxygen atoms in total. The molecular formula is C21H29ClN8O3. The van der Waals surface area contributed by atoms with Crippen molar-refractivity contribution in [1.82, 2.24) is 39.7 Å². The number of halogens is 1. The van der Waals surface area contributed by atoms with Gasteiger partial charge in [-0.2, -0.15) is 4.80 Å². The molecule has 1 fully saturated rings. The number of aryl methyl sites for hydroxylation is 1. The lowest BCUT2D eigenvalue weighted by molar-refractivity contribution is -0.127. The Bertz CT molecular complexity index is 1230. The summed E-state index contributed by atoms with van der Waals surface area (Å²) in [7, 11) is 1.77. The Morgan fingerprint density at radius 1 is 1.27 bits per heavy atom. The molecule has 0 amide bonds. The molecule has 3 N–H and O–H groups in total. The van der Waals surface area contributed by atoms with Gasteiger partial charge in [-0.05, 0) is 44.4 Å². The number of carbonyl (C=O) groups is 1. The van der Waals surface area contributed by atoms with Crippen LogP contribution in [0.4, 0.5) is 0 Å². The standard InChI is InChI=1S/C16H15ClN8O.C3H8O2.C2H6/c1-24-22-15(21-23-24)8-2-3-10(4-8)25-7-18-13-12-11(5-9(6-26)19-12)14(17)20-16(13)25;1-3(2,4)5;1-2/h5-8,10,19H,2-4H2,1H3;4-5H,1-2H3;1-2H3. The maximum absolute atomic E-state index is 11.1. The number of aromatic nitrogens is 8. The van der Waals surface area contributed by atoms with Crippen molar-refractivity contribution in [3.8, 4) is 0 Å². The first-order chi connectivity index (χ1) is 15.6. The van der Waals surface area contributed by atoms with Crippen LogP contribution >= 0.6 is 11.6 Å². The van der Waals surface area contributed by atoms with Crippen molar-refractivity contribution in [3.63, 3.8) is 0 Å². The van der Waals surface area contributed by atoms with Crippen LogP contribution in [0.5, 0.6) is 0 Å². The van der Waals surface area contributed by atoms with Crippen LogP contribution in [0, 0.1) is 0 Å². The summed E-state index contributed by atoms with van der Waals surface area (Å²) in [6, 6.07) is 1.94. The first-order valence-corrected chi connectivity index (χ1v) is 11.2. The number of hydrogen-bond acceptors (Lipinski definition) is 8. The van der Waals surface area contributed by atoms with E-state index in [4.69, 9.17) is 21.8 Å². The zero-order valence-electron chi connectivity index (χ0n) is 19.3. The van der Waals surface area contributed by atoms with Gasteiger partial charge < -0.3 is 19.8 Å². The predicted molar refractivity (Wildman–Crippen MR) is 124 cm³/mol. The van der Waals surface area contributed by atoms with E-state index in [2.05, 4.69) is 34.9 Å². The van der Waals surface area contributed by atoms with Gasteiger partial charge in [0.25, 0.3) is 0 Å². The number of nitrogens with one attached hydrogen (secondary N) is 1. The van der Waals surface area contributed by atoms with E-state index in [1.54, 1.807) is 19.4 Å². The fraction of sp³-hybridized carbons (Fsp3) is 0.524. The molecule has 4 aromatic heterocycles. The number of rotatable bonds is 3.